The Hall–Kier alpha value is -2.41. The molecule has 1 aromatic carbocycles. The number of hydrogen-bond acceptors (Lipinski definition) is 4. The van der Waals surface area contributed by atoms with Crippen LogP contribution >= 0.6 is 0 Å². The van der Waals surface area contributed by atoms with Gasteiger partial charge in [-0.3, -0.25) is 9.59 Å². The molecule has 20 heavy (non-hydrogen) atoms. The molecule has 0 aliphatic rings. The van der Waals surface area contributed by atoms with Crippen molar-refractivity contribution >= 4 is 17.8 Å². The molecule has 0 fully saturated rings. The summed E-state index contributed by atoms with van der Waals surface area (Å²) in [6.07, 6.45) is -0.0671. The Kier molecular flexibility index (Phi) is 6.18. The summed E-state index contributed by atoms with van der Waals surface area (Å²) < 4.78 is 0. The van der Waals surface area contributed by atoms with Gasteiger partial charge in [0.25, 0.3) is 5.91 Å². The lowest BCUT2D eigenvalue weighted by molar-refractivity contribution is -0.142. The lowest BCUT2D eigenvalue weighted by atomic mass is 10.2. The summed E-state index contributed by atoms with van der Waals surface area (Å²) in [6, 6.07) is 7.18. The van der Waals surface area contributed by atoms with E-state index in [1.807, 2.05) is 0 Å². The first kappa shape index (κ1) is 15.6. The summed E-state index contributed by atoms with van der Waals surface area (Å²) in [7, 11) is 0. The maximum Gasteiger partial charge on any atom is 0.328 e. The Balaban J connectivity index is 2.32. The van der Waals surface area contributed by atoms with E-state index in [1.165, 1.54) is 0 Å². The van der Waals surface area contributed by atoms with Crippen molar-refractivity contribution in [1.29, 1.82) is 0 Å². The molecule has 0 unspecified atom stereocenters. The summed E-state index contributed by atoms with van der Waals surface area (Å²) in [6.45, 7) is -0.602. The van der Waals surface area contributed by atoms with Gasteiger partial charge < -0.3 is 20.8 Å². The number of benzene rings is 1. The van der Waals surface area contributed by atoms with Crippen molar-refractivity contribution < 1.29 is 24.6 Å². The van der Waals surface area contributed by atoms with Gasteiger partial charge in [0.2, 0.25) is 5.91 Å². The highest BCUT2D eigenvalue weighted by Gasteiger charge is 2.18. The molecule has 0 saturated carbocycles. The third kappa shape index (κ3) is 5.07. The number of rotatable bonds is 7. The van der Waals surface area contributed by atoms with Crippen LogP contribution in [-0.4, -0.2) is 47.2 Å². The monoisotopic (exact) mass is 280 g/mol. The Morgan fingerprint density at radius 1 is 1.15 bits per heavy atom. The molecular weight excluding hydrogens is 264 g/mol. The van der Waals surface area contributed by atoms with Crippen LogP contribution in [0.4, 0.5) is 0 Å². The van der Waals surface area contributed by atoms with E-state index in [0.717, 1.165) is 0 Å². The predicted molar refractivity (Wildman–Crippen MR) is 70.0 cm³/mol. The third-order valence-electron chi connectivity index (χ3n) is 2.49. The van der Waals surface area contributed by atoms with Gasteiger partial charge in [-0.25, -0.2) is 4.79 Å². The summed E-state index contributed by atoms with van der Waals surface area (Å²) >= 11 is 0. The lowest BCUT2D eigenvalue weighted by Gasteiger charge is -2.11. The van der Waals surface area contributed by atoms with Crippen LogP contribution in [0.25, 0.3) is 0 Å². The topological polar surface area (TPSA) is 116 Å². The molecule has 0 aliphatic carbocycles. The second kappa shape index (κ2) is 7.90. The zero-order chi connectivity index (χ0) is 15.0. The first-order chi connectivity index (χ1) is 9.54. The lowest BCUT2D eigenvalue weighted by Crippen LogP contribution is -2.44. The quantitative estimate of drug-likeness (QED) is 0.530. The van der Waals surface area contributed by atoms with Gasteiger partial charge in [-0.15, -0.1) is 0 Å². The summed E-state index contributed by atoms with van der Waals surface area (Å²) in [5.74, 6) is -2.18. The number of carbonyl (C=O) groups is 3. The average molecular weight is 280 g/mol. The molecule has 2 amide bonds. The van der Waals surface area contributed by atoms with Crippen LogP contribution in [0.1, 0.15) is 16.8 Å². The molecule has 0 spiro atoms. The van der Waals surface area contributed by atoms with E-state index in [-0.39, 0.29) is 18.9 Å². The maximum absolute atomic E-state index is 11.6. The second-order valence-corrected chi connectivity index (χ2v) is 4.01. The zero-order valence-electron chi connectivity index (χ0n) is 10.7. The number of carboxylic acids is 1. The minimum absolute atomic E-state index is 0.0671. The fraction of sp³-hybridized carbons (Fsp3) is 0.308. The molecule has 0 saturated heterocycles. The Morgan fingerprint density at radius 2 is 1.80 bits per heavy atom. The fourth-order valence-electron chi connectivity index (χ4n) is 1.43. The van der Waals surface area contributed by atoms with Gasteiger partial charge in [0.1, 0.15) is 6.04 Å². The van der Waals surface area contributed by atoms with E-state index in [9.17, 15) is 14.4 Å². The number of carboxylic acid groups (broad SMARTS) is 1. The Labute approximate surface area is 115 Å². The van der Waals surface area contributed by atoms with E-state index in [1.54, 1.807) is 30.3 Å². The zero-order valence-corrected chi connectivity index (χ0v) is 10.7. The highest BCUT2D eigenvalue weighted by molar-refractivity contribution is 5.94. The number of amides is 2. The van der Waals surface area contributed by atoms with Crippen molar-refractivity contribution in [3.8, 4) is 0 Å². The second-order valence-electron chi connectivity index (χ2n) is 4.01. The smallest absolute Gasteiger partial charge is 0.328 e. The largest absolute Gasteiger partial charge is 0.480 e. The molecule has 7 heteroatoms. The molecule has 0 heterocycles. The Bertz CT molecular complexity index is 475. The fourth-order valence-corrected chi connectivity index (χ4v) is 1.43. The van der Waals surface area contributed by atoms with Crippen LogP contribution in [0.5, 0.6) is 0 Å². The number of aliphatic hydroxyl groups excluding tert-OH is 1. The van der Waals surface area contributed by atoms with Gasteiger partial charge in [-0.1, -0.05) is 18.2 Å². The first-order valence-corrected chi connectivity index (χ1v) is 6.01. The molecule has 0 radical (unpaired) electrons. The van der Waals surface area contributed by atoms with Gasteiger partial charge >= 0.3 is 5.97 Å². The van der Waals surface area contributed by atoms with Crippen LogP contribution in [-0.2, 0) is 9.59 Å². The van der Waals surface area contributed by atoms with E-state index < -0.39 is 24.5 Å². The number of aliphatic carboxylic acids is 1. The molecule has 7 nitrogen and oxygen atoms in total. The SMILES string of the molecule is O=C(CCNC(=O)c1ccccc1)N[C@@H](CO)C(=O)O. The van der Waals surface area contributed by atoms with Gasteiger partial charge in [0.15, 0.2) is 0 Å². The molecule has 1 atom stereocenters. The van der Waals surface area contributed by atoms with Crippen LogP contribution < -0.4 is 10.6 Å². The van der Waals surface area contributed by atoms with E-state index in [4.69, 9.17) is 10.2 Å². The highest BCUT2D eigenvalue weighted by Crippen LogP contribution is 1.97. The van der Waals surface area contributed by atoms with Crippen molar-refractivity contribution in [3.63, 3.8) is 0 Å². The van der Waals surface area contributed by atoms with Crippen molar-refractivity contribution in [2.45, 2.75) is 12.5 Å². The van der Waals surface area contributed by atoms with Gasteiger partial charge in [0.05, 0.1) is 6.61 Å². The van der Waals surface area contributed by atoms with Gasteiger partial charge in [0, 0.05) is 18.5 Å². The normalized spacial score (nSPS) is 11.4. The Morgan fingerprint density at radius 3 is 2.35 bits per heavy atom. The van der Waals surface area contributed by atoms with Gasteiger partial charge in [-0.2, -0.15) is 0 Å². The highest BCUT2D eigenvalue weighted by atomic mass is 16.4. The number of carbonyl (C=O) groups excluding carboxylic acids is 2. The third-order valence-corrected chi connectivity index (χ3v) is 2.49. The van der Waals surface area contributed by atoms with E-state index in [2.05, 4.69) is 10.6 Å². The molecule has 0 bridgehead atoms. The van der Waals surface area contributed by atoms with Crippen LogP contribution in [0.2, 0.25) is 0 Å². The van der Waals surface area contributed by atoms with Crippen LogP contribution in [0.3, 0.4) is 0 Å². The van der Waals surface area contributed by atoms with Crippen molar-refractivity contribution in [3.05, 3.63) is 35.9 Å². The van der Waals surface area contributed by atoms with E-state index >= 15 is 0 Å². The average Bonchev–Trinajstić information content (AvgIpc) is 2.45. The van der Waals surface area contributed by atoms with Crippen LogP contribution in [0, 0.1) is 0 Å². The minimum atomic E-state index is -1.33. The minimum Gasteiger partial charge on any atom is -0.480 e. The molecule has 0 aromatic heterocycles. The number of hydrogen-bond donors (Lipinski definition) is 4. The van der Waals surface area contributed by atoms with Crippen molar-refractivity contribution in [2.75, 3.05) is 13.2 Å². The molecule has 0 aliphatic heterocycles. The predicted octanol–water partition coefficient (Wildman–Crippen LogP) is -0.632. The van der Waals surface area contributed by atoms with Gasteiger partial charge in [-0.05, 0) is 12.1 Å². The first-order valence-electron chi connectivity index (χ1n) is 6.01. The molecule has 108 valence electrons. The molecular formula is C13H16N2O5. The molecule has 4 N–H and O–H groups in total. The number of nitrogens with one attached hydrogen (secondary N) is 2. The van der Waals surface area contributed by atoms with E-state index in [0.29, 0.717) is 5.56 Å². The maximum atomic E-state index is 11.6. The standard InChI is InChI=1S/C13H16N2O5/c16-8-10(13(19)20)15-11(17)6-7-14-12(18)9-4-2-1-3-5-9/h1-5,10,16H,6-8H2,(H,14,18)(H,15,17)(H,19,20)/t10-/m0/s1. The number of aliphatic hydroxyl groups is 1. The van der Waals surface area contributed by atoms with Crippen molar-refractivity contribution in [2.24, 2.45) is 0 Å². The summed E-state index contributed by atoms with van der Waals surface area (Å²) in [5.41, 5.74) is 0.478. The summed E-state index contributed by atoms with van der Waals surface area (Å²) in [4.78, 5) is 33.6. The molecule has 1 aromatic rings. The molecule has 1 rings (SSSR count). The van der Waals surface area contributed by atoms with Crippen molar-refractivity contribution in [1.82, 2.24) is 10.6 Å². The summed E-state index contributed by atoms with van der Waals surface area (Å²) in [5, 5.41) is 22.1. The van der Waals surface area contributed by atoms with Crippen LogP contribution in [0.15, 0.2) is 30.3 Å².